The number of nitro groups is 1. The Morgan fingerprint density at radius 1 is 1.21 bits per heavy atom. The maximum absolute atomic E-state index is 11.3. The molecule has 1 fully saturated rings. The Balaban J connectivity index is 2.01. The predicted molar refractivity (Wildman–Crippen MR) is 94.1 cm³/mol. The minimum Gasteiger partial charge on any atom is -0.318 e. The number of hydrogen-bond donors (Lipinski definition) is 2. The smallest absolute Gasteiger partial charge is 0.318 e. The molecule has 2 amide bonds. The molecular formula is C16H14N4O3S. The van der Waals surface area contributed by atoms with E-state index in [1.807, 2.05) is 30.6 Å². The number of amides is 2. The van der Waals surface area contributed by atoms with E-state index in [2.05, 4.69) is 10.6 Å². The van der Waals surface area contributed by atoms with Crippen molar-refractivity contribution in [3.63, 3.8) is 0 Å². The Labute approximate surface area is 143 Å². The normalized spacial score (nSPS) is 15.5. The highest BCUT2D eigenvalue weighted by Crippen LogP contribution is 2.24. The largest absolute Gasteiger partial charge is 0.324 e. The Morgan fingerprint density at radius 2 is 1.88 bits per heavy atom. The van der Waals surface area contributed by atoms with E-state index in [0.29, 0.717) is 10.7 Å². The van der Waals surface area contributed by atoms with Crippen molar-refractivity contribution in [3.05, 3.63) is 63.1 Å². The van der Waals surface area contributed by atoms with Crippen LogP contribution in [0.25, 0.3) is 11.8 Å². The number of thiocarbonyl (C=S) groups is 1. The zero-order valence-corrected chi connectivity index (χ0v) is 13.8. The number of urea groups is 1. The lowest BCUT2D eigenvalue weighted by Crippen LogP contribution is -2.21. The molecule has 8 heteroatoms. The molecule has 2 N–H and O–H groups in total. The van der Waals surface area contributed by atoms with Gasteiger partial charge in [0.05, 0.1) is 10.6 Å². The van der Waals surface area contributed by atoms with Gasteiger partial charge in [-0.25, -0.2) is 4.79 Å². The van der Waals surface area contributed by atoms with E-state index in [0.717, 1.165) is 22.6 Å². The average Bonchev–Trinajstić information content (AvgIpc) is 2.98. The molecule has 0 aliphatic carbocycles. The van der Waals surface area contributed by atoms with E-state index in [-0.39, 0.29) is 11.7 Å². The van der Waals surface area contributed by atoms with Crippen LogP contribution >= 0.6 is 12.2 Å². The summed E-state index contributed by atoms with van der Waals surface area (Å²) in [5, 5.41) is 15.9. The highest BCUT2D eigenvalue weighted by molar-refractivity contribution is 7.80. The van der Waals surface area contributed by atoms with Crippen molar-refractivity contribution in [3.8, 4) is 5.69 Å². The van der Waals surface area contributed by atoms with E-state index in [9.17, 15) is 14.9 Å². The number of aryl methyl sites for hydroxylation is 1. The molecule has 0 radical (unpaired) electrons. The van der Waals surface area contributed by atoms with Gasteiger partial charge in [-0.3, -0.25) is 15.4 Å². The molecule has 1 aliphatic rings. The SMILES string of the molecule is Cc1cc(C=C2NC(=O)NC2=S)c(C)n1-c1ccc([N+](=O)[O-])cc1. The Bertz CT molecular complexity index is 897. The van der Waals surface area contributed by atoms with Crippen molar-refractivity contribution in [1.29, 1.82) is 0 Å². The van der Waals surface area contributed by atoms with E-state index < -0.39 is 4.92 Å². The highest BCUT2D eigenvalue weighted by atomic mass is 32.1. The van der Waals surface area contributed by atoms with Gasteiger partial charge in [0.25, 0.3) is 5.69 Å². The van der Waals surface area contributed by atoms with Gasteiger partial charge in [0.1, 0.15) is 4.99 Å². The molecule has 7 nitrogen and oxygen atoms in total. The van der Waals surface area contributed by atoms with Gasteiger partial charge in [-0.1, -0.05) is 12.2 Å². The zero-order valence-electron chi connectivity index (χ0n) is 13.0. The van der Waals surface area contributed by atoms with E-state index >= 15 is 0 Å². The van der Waals surface area contributed by atoms with Gasteiger partial charge in [0, 0.05) is 29.2 Å². The molecule has 3 rings (SSSR count). The second kappa shape index (κ2) is 5.89. The molecular weight excluding hydrogens is 328 g/mol. The molecule has 122 valence electrons. The Hall–Kier alpha value is -3.00. The van der Waals surface area contributed by atoms with Gasteiger partial charge in [-0.15, -0.1) is 0 Å². The Morgan fingerprint density at radius 3 is 2.42 bits per heavy atom. The fourth-order valence-corrected chi connectivity index (χ4v) is 2.90. The molecule has 0 saturated carbocycles. The lowest BCUT2D eigenvalue weighted by Gasteiger charge is -2.09. The number of non-ortho nitro benzene ring substituents is 1. The molecule has 0 bridgehead atoms. The van der Waals surface area contributed by atoms with Crippen molar-refractivity contribution < 1.29 is 9.72 Å². The number of rotatable bonds is 3. The van der Waals surface area contributed by atoms with Crippen molar-refractivity contribution >= 4 is 35.0 Å². The molecule has 1 aliphatic heterocycles. The number of nitro benzene ring substituents is 1. The van der Waals surface area contributed by atoms with Crippen molar-refractivity contribution in [1.82, 2.24) is 15.2 Å². The lowest BCUT2D eigenvalue weighted by molar-refractivity contribution is -0.384. The van der Waals surface area contributed by atoms with Crippen molar-refractivity contribution in [2.45, 2.75) is 13.8 Å². The quantitative estimate of drug-likeness (QED) is 0.388. The van der Waals surface area contributed by atoms with Gasteiger partial charge in [0.15, 0.2) is 0 Å². The van der Waals surface area contributed by atoms with Crippen molar-refractivity contribution in [2.75, 3.05) is 0 Å². The first-order valence-electron chi connectivity index (χ1n) is 7.14. The molecule has 2 aromatic rings. The van der Waals surface area contributed by atoms with Crippen LogP contribution in [0, 0.1) is 24.0 Å². The summed E-state index contributed by atoms with van der Waals surface area (Å²) < 4.78 is 1.99. The summed E-state index contributed by atoms with van der Waals surface area (Å²) in [7, 11) is 0. The summed E-state index contributed by atoms with van der Waals surface area (Å²) >= 11 is 5.10. The average molecular weight is 342 g/mol. The van der Waals surface area contributed by atoms with Crippen LogP contribution in [-0.4, -0.2) is 20.5 Å². The van der Waals surface area contributed by atoms with Gasteiger partial charge >= 0.3 is 6.03 Å². The van der Waals surface area contributed by atoms with Gasteiger partial charge in [0.2, 0.25) is 0 Å². The molecule has 24 heavy (non-hydrogen) atoms. The Kier molecular flexibility index (Phi) is 3.90. The molecule has 0 spiro atoms. The van der Waals surface area contributed by atoms with Crippen LogP contribution < -0.4 is 10.6 Å². The zero-order chi connectivity index (χ0) is 17.4. The van der Waals surface area contributed by atoms with E-state index in [1.54, 1.807) is 12.1 Å². The maximum Gasteiger partial charge on any atom is 0.324 e. The standard InChI is InChI=1S/C16H14N4O3S/c1-9-7-11(8-14-15(24)18-16(21)17-14)10(2)19(9)12-3-5-13(6-4-12)20(22)23/h3-8H,1-2H3,(H2,17,18,21,24). The number of carbonyl (C=O) groups excluding carboxylic acids is 1. The third kappa shape index (κ3) is 2.79. The predicted octanol–water partition coefficient (Wildman–Crippen LogP) is 2.98. The third-order valence-corrected chi connectivity index (χ3v) is 4.13. The van der Waals surface area contributed by atoms with Crippen LogP contribution in [0.3, 0.4) is 0 Å². The van der Waals surface area contributed by atoms with Gasteiger partial charge < -0.3 is 9.88 Å². The monoisotopic (exact) mass is 342 g/mol. The molecule has 0 atom stereocenters. The molecule has 0 unspecified atom stereocenters. The summed E-state index contributed by atoms with van der Waals surface area (Å²) in [5.74, 6) is 0. The first kappa shape index (κ1) is 15.9. The summed E-state index contributed by atoms with van der Waals surface area (Å²) in [5.41, 5.74) is 4.26. The number of nitrogens with one attached hydrogen (secondary N) is 2. The minimum absolute atomic E-state index is 0.0497. The van der Waals surface area contributed by atoms with E-state index in [1.165, 1.54) is 12.1 Å². The van der Waals surface area contributed by atoms with E-state index in [4.69, 9.17) is 12.2 Å². The third-order valence-electron chi connectivity index (χ3n) is 3.81. The molecule has 1 aromatic heterocycles. The topological polar surface area (TPSA) is 89.2 Å². The number of benzene rings is 1. The van der Waals surface area contributed by atoms with Crippen LogP contribution in [0.15, 0.2) is 36.0 Å². The first-order valence-corrected chi connectivity index (χ1v) is 7.55. The summed E-state index contributed by atoms with van der Waals surface area (Å²) in [4.78, 5) is 22.0. The van der Waals surface area contributed by atoms with Gasteiger partial charge in [-0.2, -0.15) is 0 Å². The van der Waals surface area contributed by atoms with Crippen LogP contribution in [0.4, 0.5) is 10.5 Å². The molecule has 1 aromatic carbocycles. The van der Waals surface area contributed by atoms with Crippen LogP contribution in [0.1, 0.15) is 17.0 Å². The second-order valence-electron chi connectivity index (χ2n) is 5.40. The van der Waals surface area contributed by atoms with Crippen molar-refractivity contribution in [2.24, 2.45) is 0 Å². The molecule has 1 saturated heterocycles. The lowest BCUT2D eigenvalue weighted by atomic mass is 10.2. The highest BCUT2D eigenvalue weighted by Gasteiger charge is 2.20. The minimum atomic E-state index is -0.425. The first-order chi connectivity index (χ1) is 11.4. The second-order valence-corrected chi connectivity index (χ2v) is 5.81. The summed E-state index contributed by atoms with van der Waals surface area (Å²) in [6, 6.07) is 7.99. The van der Waals surface area contributed by atoms with Gasteiger partial charge in [-0.05, 0) is 43.7 Å². The fraction of sp³-hybridized carbons (Fsp3) is 0.125. The maximum atomic E-state index is 11.3. The van der Waals surface area contributed by atoms with Crippen LogP contribution in [-0.2, 0) is 0 Å². The number of aromatic nitrogens is 1. The summed E-state index contributed by atoms with van der Waals surface area (Å²) in [6.45, 7) is 3.88. The number of hydrogen-bond acceptors (Lipinski definition) is 4. The van der Waals surface area contributed by atoms with Crippen LogP contribution in [0.2, 0.25) is 0 Å². The molecule has 2 heterocycles. The summed E-state index contributed by atoms with van der Waals surface area (Å²) in [6.07, 6.45) is 1.81. The fourth-order valence-electron chi connectivity index (χ4n) is 2.69. The number of carbonyl (C=O) groups is 1. The van der Waals surface area contributed by atoms with Crippen LogP contribution in [0.5, 0.6) is 0 Å². The number of nitrogens with zero attached hydrogens (tertiary/aromatic N) is 2.